The van der Waals surface area contributed by atoms with Crippen LogP contribution < -0.4 is 10.2 Å². The number of amides is 2. The molecule has 1 heterocycles. The van der Waals surface area contributed by atoms with Gasteiger partial charge in [-0.25, -0.2) is 4.98 Å². The van der Waals surface area contributed by atoms with Gasteiger partial charge in [-0.3, -0.25) is 14.5 Å². The molecule has 0 spiro atoms. The number of halogens is 1. The smallest absolute Gasteiger partial charge is 0.248 e. The first-order valence-corrected chi connectivity index (χ1v) is 9.35. The Morgan fingerprint density at radius 2 is 1.81 bits per heavy atom. The van der Waals surface area contributed by atoms with Crippen molar-refractivity contribution in [1.82, 2.24) is 4.98 Å². The van der Waals surface area contributed by atoms with E-state index in [1.165, 1.54) is 29.2 Å². The van der Waals surface area contributed by atoms with E-state index in [4.69, 9.17) is 11.6 Å². The first-order chi connectivity index (χ1) is 13.0. The van der Waals surface area contributed by atoms with Gasteiger partial charge in [-0.2, -0.15) is 0 Å². The fraction of sp³-hybridized carbons (Fsp3) is 0.0500. The van der Waals surface area contributed by atoms with Gasteiger partial charge in [0.15, 0.2) is 5.13 Å². The summed E-state index contributed by atoms with van der Waals surface area (Å²) < 4.78 is 0. The molecule has 0 radical (unpaired) electrons. The highest BCUT2D eigenvalue weighted by molar-refractivity contribution is 7.14. The molecule has 27 heavy (non-hydrogen) atoms. The maximum absolute atomic E-state index is 12.1. The Morgan fingerprint density at radius 1 is 1.11 bits per heavy atom. The van der Waals surface area contributed by atoms with Crippen LogP contribution in [0.1, 0.15) is 12.6 Å². The van der Waals surface area contributed by atoms with Gasteiger partial charge in [0.1, 0.15) is 0 Å². The summed E-state index contributed by atoms with van der Waals surface area (Å²) >= 11 is 7.35. The van der Waals surface area contributed by atoms with E-state index in [9.17, 15) is 9.59 Å². The summed E-state index contributed by atoms with van der Waals surface area (Å²) in [6.45, 7) is 1.49. The quantitative estimate of drug-likeness (QED) is 0.607. The maximum Gasteiger partial charge on any atom is 0.248 e. The number of nitrogens with zero attached hydrogens (tertiary/aromatic N) is 2. The molecule has 5 nitrogen and oxygen atoms in total. The van der Waals surface area contributed by atoms with E-state index in [2.05, 4.69) is 10.3 Å². The van der Waals surface area contributed by atoms with Gasteiger partial charge in [0.05, 0.1) is 22.1 Å². The first kappa shape index (κ1) is 18.8. The number of nitrogens with one attached hydrogen (secondary N) is 1. The molecule has 0 aliphatic carbocycles. The lowest BCUT2D eigenvalue weighted by molar-refractivity contribution is -0.116. The molecule has 2 aromatic carbocycles. The molecular weight excluding hydrogens is 382 g/mol. The zero-order valence-corrected chi connectivity index (χ0v) is 16.0. The van der Waals surface area contributed by atoms with Crippen LogP contribution in [0, 0.1) is 0 Å². The van der Waals surface area contributed by atoms with Crippen molar-refractivity contribution in [2.75, 3.05) is 10.2 Å². The van der Waals surface area contributed by atoms with E-state index >= 15 is 0 Å². The standard InChI is InChI=1S/C20H16ClN3O2S/c1-14(25)24(16-7-3-2-4-8-16)20-22-15(13-27-20)11-12-19(26)23-18-10-6-5-9-17(18)21/h2-13H,1H3,(H,23,26)/b12-11+. The zero-order chi connectivity index (χ0) is 19.2. The van der Waals surface area contributed by atoms with Crippen LogP contribution >= 0.6 is 22.9 Å². The van der Waals surface area contributed by atoms with Crippen LogP contribution in [0.3, 0.4) is 0 Å². The number of benzene rings is 2. The normalized spacial score (nSPS) is 10.7. The average Bonchev–Trinajstić information content (AvgIpc) is 3.11. The minimum absolute atomic E-state index is 0.137. The number of para-hydroxylation sites is 2. The topological polar surface area (TPSA) is 62.3 Å². The summed E-state index contributed by atoms with van der Waals surface area (Å²) in [4.78, 5) is 30.1. The molecule has 0 saturated carbocycles. The molecule has 0 saturated heterocycles. The van der Waals surface area contributed by atoms with Gasteiger partial charge in [-0.15, -0.1) is 11.3 Å². The second-order valence-corrected chi connectivity index (χ2v) is 6.79. The molecule has 0 aliphatic heterocycles. The van der Waals surface area contributed by atoms with E-state index in [1.54, 1.807) is 35.7 Å². The van der Waals surface area contributed by atoms with Crippen LogP contribution in [0.15, 0.2) is 66.1 Å². The molecule has 1 aromatic heterocycles. The molecule has 0 unspecified atom stereocenters. The Hall–Kier alpha value is -2.96. The Kier molecular flexibility index (Phi) is 6.01. The van der Waals surface area contributed by atoms with Gasteiger partial charge in [0, 0.05) is 18.4 Å². The Morgan fingerprint density at radius 3 is 2.52 bits per heavy atom. The van der Waals surface area contributed by atoms with E-state index in [0.29, 0.717) is 21.5 Å². The van der Waals surface area contributed by atoms with Crippen LogP contribution in [0.25, 0.3) is 6.08 Å². The lowest BCUT2D eigenvalue weighted by Gasteiger charge is -2.17. The van der Waals surface area contributed by atoms with Crippen molar-refractivity contribution in [3.8, 4) is 0 Å². The van der Waals surface area contributed by atoms with Crippen LogP contribution in [0.2, 0.25) is 5.02 Å². The molecule has 136 valence electrons. The van der Waals surface area contributed by atoms with Crippen molar-refractivity contribution >= 4 is 57.3 Å². The van der Waals surface area contributed by atoms with Crippen LogP contribution in [0.5, 0.6) is 0 Å². The Bertz CT molecular complexity index is 986. The highest BCUT2D eigenvalue weighted by Gasteiger charge is 2.17. The summed E-state index contributed by atoms with van der Waals surface area (Å²) in [5.41, 5.74) is 1.87. The monoisotopic (exact) mass is 397 g/mol. The predicted molar refractivity (Wildman–Crippen MR) is 110 cm³/mol. The molecule has 3 aromatic rings. The van der Waals surface area contributed by atoms with Crippen molar-refractivity contribution in [3.05, 3.63) is 76.8 Å². The van der Waals surface area contributed by atoms with Crippen molar-refractivity contribution in [2.45, 2.75) is 6.92 Å². The molecule has 0 fully saturated rings. The minimum Gasteiger partial charge on any atom is -0.321 e. The summed E-state index contributed by atoms with van der Waals surface area (Å²) in [7, 11) is 0. The number of carbonyl (C=O) groups excluding carboxylic acids is 2. The highest BCUT2D eigenvalue weighted by atomic mass is 35.5. The Balaban J connectivity index is 1.73. The number of anilines is 3. The van der Waals surface area contributed by atoms with E-state index < -0.39 is 0 Å². The number of aromatic nitrogens is 1. The molecule has 0 atom stereocenters. The van der Waals surface area contributed by atoms with E-state index in [0.717, 1.165) is 5.69 Å². The first-order valence-electron chi connectivity index (χ1n) is 8.09. The molecule has 1 N–H and O–H groups in total. The second kappa shape index (κ2) is 8.62. The van der Waals surface area contributed by atoms with Crippen molar-refractivity contribution in [1.29, 1.82) is 0 Å². The third-order valence-corrected chi connectivity index (χ3v) is 4.74. The summed E-state index contributed by atoms with van der Waals surface area (Å²) in [6.07, 6.45) is 2.97. The van der Waals surface area contributed by atoms with Crippen LogP contribution in [-0.4, -0.2) is 16.8 Å². The highest BCUT2D eigenvalue weighted by Crippen LogP contribution is 2.29. The third-order valence-electron chi connectivity index (χ3n) is 3.57. The van der Waals surface area contributed by atoms with Gasteiger partial charge in [0.2, 0.25) is 11.8 Å². The summed E-state index contributed by atoms with van der Waals surface area (Å²) in [5.74, 6) is -0.452. The molecular formula is C20H16ClN3O2S. The van der Waals surface area contributed by atoms with E-state index in [-0.39, 0.29) is 11.8 Å². The second-order valence-electron chi connectivity index (χ2n) is 5.55. The summed E-state index contributed by atoms with van der Waals surface area (Å²) in [6, 6.07) is 16.3. The van der Waals surface area contributed by atoms with E-state index in [1.807, 2.05) is 30.3 Å². The fourth-order valence-electron chi connectivity index (χ4n) is 2.36. The van der Waals surface area contributed by atoms with Gasteiger partial charge < -0.3 is 5.32 Å². The van der Waals surface area contributed by atoms with Gasteiger partial charge in [0.25, 0.3) is 0 Å². The lowest BCUT2D eigenvalue weighted by atomic mass is 10.3. The van der Waals surface area contributed by atoms with Crippen molar-refractivity contribution < 1.29 is 9.59 Å². The van der Waals surface area contributed by atoms with Gasteiger partial charge in [-0.1, -0.05) is 41.9 Å². The number of rotatable bonds is 5. The molecule has 0 bridgehead atoms. The molecule has 7 heteroatoms. The minimum atomic E-state index is -0.316. The molecule has 0 aliphatic rings. The predicted octanol–water partition coefficient (Wildman–Crippen LogP) is 5.13. The molecule has 2 amide bonds. The fourth-order valence-corrected chi connectivity index (χ4v) is 3.40. The van der Waals surface area contributed by atoms with Crippen molar-refractivity contribution in [2.24, 2.45) is 0 Å². The van der Waals surface area contributed by atoms with Crippen LogP contribution in [-0.2, 0) is 9.59 Å². The van der Waals surface area contributed by atoms with Gasteiger partial charge in [-0.05, 0) is 30.3 Å². The average molecular weight is 398 g/mol. The summed E-state index contributed by atoms with van der Waals surface area (Å²) in [5, 5.41) is 5.50. The largest absolute Gasteiger partial charge is 0.321 e. The number of hydrogen-bond donors (Lipinski definition) is 1. The SMILES string of the molecule is CC(=O)N(c1ccccc1)c1nc(/C=C/C(=O)Nc2ccccc2Cl)cs1. The van der Waals surface area contributed by atoms with Gasteiger partial charge >= 0.3 is 0 Å². The maximum atomic E-state index is 12.1. The number of hydrogen-bond acceptors (Lipinski definition) is 4. The zero-order valence-electron chi connectivity index (χ0n) is 14.4. The third kappa shape index (κ3) is 4.81. The molecule has 3 rings (SSSR count). The number of thiazole rings is 1. The lowest BCUT2D eigenvalue weighted by Crippen LogP contribution is -2.22. The van der Waals surface area contributed by atoms with Crippen LogP contribution in [0.4, 0.5) is 16.5 Å². The van der Waals surface area contributed by atoms with Crippen molar-refractivity contribution in [3.63, 3.8) is 0 Å². The number of carbonyl (C=O) groups is 2. The Labute approximate surface area is 165 Å².